The minimum absolute atomic E-state index is 0.00629. The quantitative estimate of drug-likeness (QED) is 0.566. The molecule has 24 heavy (non-hydrogen) atoms. The van der Waals surface area contributed by atoms with Gasteiger partial charge in [0.15, 0.2) is 10.7 Å². The van der Waals surface area contributed by atoms with Gasteiger partial charge in [0.25, 0.3) is 5.91 Å². The van der Waals surface area contributed by atoms with E-state index in [0.717, 1.165) is 0 Å². The van der Waals surface area contributed by atoms with E-state index in [4.69, 9.17) is 16.1 Å². The lowest BCUT2D eigenvalue weighted by Gasteiger charge is -2.04. The van der Waals surface area contributed by atoms with Gasteiger partial charge in [-0.1, -0.05) is 29.8 Å². The van der Waals surface area contributed by atoms with E-state index in [1.165, 1.54) is 0 Å². The maximum atomic E-state index is 12.5. The fourth-order valence-electron chi connectivity index (χ4n) is 2.12. The summed E-state index contributed by atoms with van der Waals surface area (Å²) in [6.07, 6.45) is 0. The van der Waals surface area contributed by atoms with Crippen molar-refractivity contribution in [1.29, 1.82) is 0 Å². The molecule has 0 radical (unpaired) electrons. The van der Waals surface area contributed by atoms with Crippen LogP contribution in [0.25, 0.3) is 11.3 Å². The third-order valence-corrected chi connectivity index (χ3v) is 3.46. The zero-order chi connectivity index (χ0) is 17.1. The third kappa shape index (κ3) is 3.11. The van der Waals surface area contributed by atoms with Gasteiger partial charge in [-0.05, 0) is 41.3 Å². The summed E-state index contributed by atoms with van der Waals surface area (Å²) in [5, 5.41) is 17.6. The molecule has 7 nitrogen and oxygen atoms in total. The predicted molar refractivity (Wildman–Crippen MR) is 88.0 cm³/mol. The van der Waals surface area contributed by atoms with Crippen molar-refractivity contribution in [3.63, 3.8) is 0 Å². The topological polar surface area (TPSA) is 98.3 Å². The second kappa shape index (κ2) is 6.51. The Hall–Kier alpha value is -3.19. The monoisotopic (exact) mass is 343 g/mol. The molecular weight excluding hydrogens is 334 g/mol. The lowest BCUT2D eigenvalue weighted by atomic mass is 10.1. The summed E-state index contributed by atoms with van der Waals surface area (Å²) >= 11 is 5.83. The molecule has 0 bridgehead atoms. The molecular formula is C16H10ClN3O4. The van der Waals surface area contributed by atoms with Crippen LogP contribution in [0.2, 0.25) is 5.02 Å². The Balaban J connectivity index is 2.04. The molecule has 0 atom stereocenters. The lowest BCUT2D eigenvalue weighted by molar-refractivity contribution is -0.391. The number of nitrogens with one attached hydrogen (secondary N) is 1. The van der Waals surface area contributed by atoms with Crippen molar-refractivity contribution >= 4 is 29.0 Å². The number of nitro groups is 1. The van der Waals surface area contributed by atoms with E-state index < -0.39 is 16.6 Å². The zero-order valence-corrected chi connectivity index (χ0v) is 12.9. The molecule has 1 amide bonds. The molecule has 0 spiro atoms. The summed E-state index contributed by atoms with van der Waals surface area (Å²) in [7, 11) is 0. The number of halogens is 1. The average molecular weight is 344 g/mol. The fraction of sp³-hybridized carbons (Fsp3) is 0. The average Bonchev–Trinajstić information content (AvgIpc) is 3.02. The van der Waals surface area contributed by atoms with Crippen LogP contribution in [0.4, 0.5) is 11.5 Å². The Kier molecular flexibility index (Phi) is 4.26. The van der Waals surface area contributed by atoms with Gasteiger partial charge in [-0.25, -0.2) is 0 Å². The largest absolute Gasteiger partial charge is 0.427 e. The molecule has 0 saturated carbocycles. The number of rotatable bonds is 4. The van der Waals surface area contributed by atoms with Crippen LogP contribution < -0.4 is 5.32 Å². The van der Waals surface area contributed by atoms with Crippen molar-refractivity contribution in [3.05, 3.63) is 75.3 Å². The zero-order valence-electron chi connectivity index (χ0n) is 12.1. The van der Waals surface area contributed by atoms with Crippen molar-refractivity contribution < 1.29 is 14.2 Å². The van der Waals surface area contributed by atoms with Crippen LogP contribution in [0.3, 0.4) is 0 Å². The number of amides is 1. The van der Waals surface area contributed by atoms with Crippen molar-refractivity contribution in [2.75, 3.05) is 5.32 Å². The number of aromatic nitrogens is 1. The van der Waals surface area contributed by atoms with Gasteiger partial charge in [0, 0.05) is 16.3 Å². The smallest absolute Gasteiger partial charge is 0.358 e. The standard InChI is InChI=1S/C16H10ClN3O4/c17-11-8-6-10(7-9-11)14-13(15(19-24-14)20(22)23)16(21)18-12-4-2-1-3-5-12/h1-9H,(H,18,21). The number of carbonyl (C=O) groups is 1. The van der Waals surface area contributed by atoms with E-state index in [-0.39, 0.29) is 11.3 Å². The molecule has 1 N–H and O–H groups in total. The van der Waals surface area contributed by atoms with Gasteiger partial charge in [-0.2, -0.15) is 0 Å². The number of hydrogen-bond donors (Lipinski definition) is 1. The summed E-state index contributed by atoms with van der Waals surface area (Å²) < 4.78 is 5.05. The van der Waals surface area contributed by atoms with E-state index in [1.54, 1.807) is 54.6 Å². The molecule has 0 aliphatic rings. The summed E-state index contributed by atoms with van der Waals surface area (Å²) in [5.74, 6) is -1.32. The Morgan fingerprint density at radius 2 is 1.79 bits per heavy atom. The number of benzene rings is 2. The van der Waals surface area contributed by atoms with Gasteiger partial charge in [0.2, 0.25) is 5.76 Å². The molecule has 2 aromatic carbocycles. The third-order valence-electron chi connectivity index (χ3n) is 3.21. The second-order valence-corrected chi connectivity index (χ2v) is 5.23. The molecule has 0 aliphatic heterocycles. The Morgan fingerprint density at radius 1 is 1.12 bits per heavy atom. The minimum Gasteiger partial charge on any atom is -0.358 e. The summed E-state index contributed by atoms with van der Waals surface area (Å²) in [6.45, 7) is 0. The van der Waals surface area contributed by atoms with Gasteiger partial charge >= 0.3 is 5.82 Å². The van der Waals surface area contributed by atoms with Crippen LogP contribution in [-0.4, -0.2) is 16.0 Å². The van der Waals surface area contributed by atoms with Crippen LogP contribution in [0.1, 0.15) is 10.4 Å². The van der Waals surface area contributed by atoms with E-state index in [2.05, 4.69) is 10.5 Å². The van der Waals surface area contributed by atoms with E-state index in [0.29, 0.717) is 16.3 Å². The summed E-state index contributed by atoms with van der Waals surface area (Å²) in [6, 6.07) is 14.9. The van der Waals surface area contributed by atoms with Crippen molar-refractivity contribution in [2.45, 2.75) is 0 Å². The molecule has 0 fully saturated rings. The highest BCUT2D eigenvalue weighted by molar-refractivity contribution is 6.30. The number of carbonyl (C=O) groups excluding carboxylic acids is 1. The highest BCUT2D eigenvalue weighted by Crippen LogP contribution is 2.31. The molecule has 0 saturated heterocycles. The van der Waals surface area contributed by atoms with Gasteiger partial charge in [-0.15, -0.1) is 0 Å². The van der Waals surface area contributed by atoms with Crippen molar-refractivity contribution in [1.82, 2.24) is 5.16 Å². The number of nitrogens with zero attached hydrogens (tertiary/aromatic N) is 2. The van der Waals surface area contributed by atoms with Gasteiger partial charge in [-0.3, -0.25) is 9.32 Å². The van der Waals surface area contributed by atoms with Gasteiger partial charge < -0.3 is 15.4 Å². The van der Waals surface area contributed by atoms with Gasteiger partial charge in [0.05, 0.1) is 0 Å². The first-order chi connectivity index (χ1) is 11.6. The van der Waals surface area contributed by atoms with Crippen LogP contribution in [0.15, 0.2) is 59.1 Å². The van der Waals surface area contributed by atoms with Crippen molar-refractivity contribution in [2.24, 2.45) is 0 Å². The normalized spacial score (nSPS) is 10.4. The summed E-state index contributed by atoms with van der Waals surface area (Å²) in [4.78, 5) is 22.9. The molecule has 0 unspecified atom stereocenters. The van der Waals surface area contributed by atoms with E-state index >= 15 is 0 Å². The van der Waals surface area contributed by atoms with Crippen LogP contribution in [-0.2, 0) is 0 Å². The fourth-order valence-corrected chi connectivity index (χ4v) is 2.25. The molecule has 8 heteroatoms. The number of hydrogen-bond acceptors (Lipinski definition) is 5. The molecule has 1 aromatic heterocycles. The Morgan fingerprint density at radius 3 is 2.42 bits per heavy atom. The predicted octanol–water partition coefficient (Wildman–Crippen LogP) is 4.16. The number of para-hydroxylation sites is 1. The molecule has 120 valence electrons. The second-order valence-electron chi connectivity index (χ2n) is 4.79. The van der Waals surface area contributed by atoms with Crippen LogP contribution in [0, 0.1) is 10.1 Å². The molecule has 3 rings (SSSR count). The van der Waals surface area contributed by atoms with Crippen molar-refractivity contribution in [3.8, 4) is 11.3 Å². The highest BCUT2D eigenvalue weighted by atomic mass is 35.5. The first-order valence-electron chi connectivity index (χ1n) is 6.82. The SMILES string of the molecule is O=C(Nc1ccccc1)c1c([N+](=O)[O-])noc1-c1ccc(Cl)cc1. The lowest BCUT2D eigenvalue weighted by Crippen LogP contribution is -2.14. The number of anilines is 1. The molecule has 1 heterocycles. The highest BCUT2D eigenvalue weighted by Gasteiger charge is 2.33. The minimum atomic E-state index is -0.761. The Labute approximate surface area is 141 Å². The van der Waals surface area contributed by atoms with Crippen LogP contribution >= 0.6 is 11.6 Å². The first-order valence-corrected chi connectivity index (χ1v) is 7.20. The van der Waals surface area contributed by atoms with E-state index in [9.17, 15) is 14.9 Å². The summed E-state index contributed by atoms with van der Waals surface area (Å²) in [5.41, 5.74) is 0.712. The Bertz CT molecular complexity index is 891. The van der Waals surface area contributed by atoms with E-state index in [1.807, 2.05) is 0 Å². The maximum absolute atomic E-state index is 12.5. The molecule has 3 aromatic rings. The maximum Gasteiger partial charge on any atom is 0.427 e. The van der Waals surface area contributed by atoms with Crippen LogP contribution in [0.5, 0.6) is 0 Å². The van der Waals surface area contributed by atoms with Gasteiger partial charge in [0.1, 0.15) is 0 Å². The first kappa shape index (κ1) is 15.7. The molecule has 0 aliphatic carbocycles.